The third-order valence-corrected chi connectivity index (χ3v) is 8.66. The van der Waals surface area contributed by atoms with Gasteiger partial charge in [-0.3, -0.25) is 14.4 Å². The lowest BCUT2D eigenvalue weighted by atomic mass is 9.44. The molecule has 0 aliphatic heterocycles. The second-order valence-corrected chi connectivity index (χ2v) is 9.87. The van der Waals surface area contributed by atoms with Crippen LogP contribution in [0.15, 0.2) is 23.8 Å². The minimum absolute atomic E-state index is 0.0857. The van der Waals surface area contributed by atoms with Gasteiger partial charge in [-0.05, 0) is 57.1 Å². The fourth-order valence-electron chi connectivity index (χ4n) is 6.96. The quantitative estimate of drug-likeness (QED) is 0.679. The normalized spacial score (nSPS) is 47.1. The van der Waals surface area contributed by atoms with Crippen LogP contribution in [0.4, 0.5) is 4.39 Å². The zero-order valence-electron chi connectivity index (χ0n) is 17.6. The molecule has 7 heteroatoms. The molecular weight excluding hydrogens is 391 g/mol. The highest BCUT2D eigenvalue weighted by atomic mass is 19.1. The molecule has 0 spiro atoms. The first-order valence-electron chi connectivity index (χ1n) is 10.6. The fraction of sp³-hybridized carbons (Fsp3) is 0.696. The Hall–Kier alpha value is -1.86. The molecule has 7 atom stereocenters. The Morgan fingerprint density at radius 3 is 2.63 bits per heavy atom. The second-order valence-electron chi connectivity index (χ2n) is 9.87. The van der Waals surface area contributed by atoms with Crippen LogP contribution in [0.5, 0.6) is 0 Å². The first-order valence-corrected chi connectivity index (χ1v) is 10.6. The first kappa shape index (κ1) is 21.4. The molecule has 0 heterocycles. The molecule has 0 bridgehead atoms. The van der Waals surface area contributed by atoms with E-state index in [0.29, 0.717) is 24.8 Å². The van der Waals surface area contributed by atoms with Crippen LogP contribution in [-0.2, 0) is 19.1 Å². The summed E-state index contributed by atoms with van der Waals surface area (Å²) in [5.74, 6) is -2.28. The number of allylic oxidation sites excluding steroid dienone is 4. The molecule has 0 saturated heterocycles. The molecule has 0 amide bonds. The van der Waals surface area contributed by atoms with E-state index in [9.17, 15) is 24.6 Å². The van der Waals surface area contributed by atoms with Crippen molar-refractivity contribution in [2.45, 2.75) is 70.2 Å². The van der Waals surface area contributed by atoms with E-state index >= 15 is 4.39 Å². The molecule has 30 heavy (non-hydrogen) atoms. The van der Waals surface area contributed by atoms with Gasteiger partial charge < -0.3 is 14.9 Å². The minimum atomic E-state index is -2.00. The summed E-state index contributed by atoms with van der Waals surface area (Å²) in [6, 6.07) is 0. The molecule has 6 nitrogen and oxygen atoms in total. The van der Waals surface area contributed by atoms with Crippen LogP contribution < -0.4 is 0 Å². The van der Waals surface area contributed by atoms with E-state index in [2.05, 4.69) is 0 Å². The smallest absolute Gasteiger partial charge is 0.303 e. The van der Waals surface area contributed by atoms with Crippen molar-refractivity contribution in [2.75, 3.05) is 6.61 Å². The number of rotatable bonds is 3. The van der Waals surface area contributed by atoms with Gasteiger partial charge in [0.05, 0.1) is 6.10 Å². The van der Waals surface area contributed by atoms with Crippen molar-refractivity contribution in [1.82, 2.24) is 0 Å². The largest absolute Gasteiger partial charge is 0.458 e. The second kappa shape index (κ2) is 6.57. The molecule has 0 unspecified atom stereocenters. The predicted molar refractivity (Wildman–Crippen MR) is 105 cm³/mol. The van der Waals surface area contributed by atoms with Crippen LogP contribution in [0.1, 0.15) is 52.9 Å². The molecule has 4 rings (SSSR count). The van der Waals surface area contributed by atoms with Gasteiger partial charge in [0.15, 0.2) is 18.1 Å². The van der Waals surface area contributed by atoms with Crippen molar-refractivity contribution in [3.63, 3.8) is 0 Å². The molecule has 2 N–H and O–H groups in total. The SMILES string of the molecule is CC(=O)OCC(=O)[C@]1(O)CC[C@H]2[C@@H]3CCC4=CC(=O)C=C[C@]4(C)[C@@]3(F)[C@H](O)C[C@@]21C. The predicted octanol–water partition coefficient (Wildman–Crippen LogP) is 2.22. The lowest BCUT2D eigenvalue weighted by Gasteiger charge is -2.62. The zero-order chi connectivity index (χ0) is 22.1. The Balaban J connectivity index is 1.72. The van der Waals surface area contributed by atoms with E-state index in [0.717, 1.165) is 0 Å². The third-order valence-electron chi connectivity index (χ3n) is 8.66. The zero-order valence-corrected chi connectivity index (χ0v) is 17.6. The maximum atomic E-state index is 16.9. The number of aliphatic hydroxyl groups is 2. The number of Topliss-reactive ketones (excluding diaryl/α,β-unsaturated/α-hetero) is 1. The van der Waals surface area contributed by atoms with Gasteiger partial charge in [0, 0.05) is 23.7 Å². The Morgan fingerprint density at radius 2 is 1.97 bits per heavy atom. The van der Waals surface area contributed by atoms with Gasteiger partial charge >= 0.3 is 5.97 Å². The Kier molecular flexibility index (Phi) is 4.68. The summed E-state index contributed by atoms with van der Waals surface area (Å²) in [5, 5.41) is 22.6. The van der Waals surface area contributed by atoms with Gasteiger partial charge in [-0.1, -0.05) is 18.6 Å². The standard InChI is InChI=1S/C23H29FO6/c1-13(25)30-12-19(28)22(29)9-7-16-17-5-4-14-10-15(26)6-8-20(14,2)23(17,24)18(27)11-21(16,22)3/h6,8,10,16-18,27,29H,4-5,7,9,11-12H2,1-3H3/t16-,17-,18+,20-,21-,22+,23-/m0/s1. The van der Waals surface area contributed by atoms with Crippen LogP contribution in [0, 0.1) is 22.7 Å². The van der Waals surface area contributed by atoms with Gasteiger partial charge in [-0.2, -0.15) is 0 Å². The molecule has 164 valence electrons. The Labute approximate surface area is 175 Å². The molecule has 3 saturated carbocycles. The number of carbonyl (C=O) groups is 3. The molecule has 0 aromatic rings. The Morgan fingerprint density at radius 1 is 1.27 bits per heavy atom. The number of alkyl halides is 1. The number of halogens is 1. The molecule has 4 aliphatic rings. The minimum Gasteiger partial charge on any atom is -0.458 e. The molecule has 4 aliphatic carbocycles. The number of aliphatic hydroxyl groups excluding tert-OH is 1. The number of ketones is 2. The van der Waals surface area contributed by atoms with Gasteiger partial charge in [0.25, 0.3) is 0 Å². The number of esters is 1. The van der Waals surface area contributed by atoms with Crippen LogP contribution in [0.2, 0.25) is 0 Å². The van der Waals surface area contributed by atoms with Gasteiger partial charge in [-0.25, -0.2) is 4.39 Å². The van der Waals surface area contributed by atoms with Crippen molar-refractivity contribution >= 4 is 17.5 Å². The van der Waals surface area contributed by atoms with Crippen LogP contribution in [0.25, 0.3) is 0 Å². The van der Waals surface area contributed by atoms with Crippen molar-refractivity contribution in [3.05, 3.63) is 23.8 Å². The Bertz CT molecular complexity index is 879. The highest BCUT2D eigenvalue weighted by molar-refractivity contribution is 6.01. The average Bonchev–Trinajstić information content (AvgIpc) is 2.94. The number of ether oxygens (including phenoxy) is 1. The van der Waals surface area contributed by atoms with Gasteiger partial charge in [0.2, 0.25) is 5.78 Å². The van der Waals surface area contributed by atoms with E-state index < -0.39 is 52.5 Å². The molecule has 0 radical (unpaired) electrons. The monoisotopic (exact) mass is 420 g/mol. The van der Waals surface area contributed by atoms with Gasteiger partial charge in [-0.15, -0.1) is 0 Å². The summed E-state index contributed by atoms with van der Waals surface area (Å²) < 4.78 is 21.7. The molecule has 0 aromatic carbocycles. The van der Waals surface area contributed by atoms with Crippen molar-refractivity contribution in [1.29, 1.82) is 0 Å². The summed E-state index contributed by atoms with van der Waals surface area (Å²) >= 11 is 0. The summed E-state index contributed by atoms with van der Waals surface area (Å²) in [4.78, 5) is 35.8. The topological polar surface area (TPSA) is 101 Å². The summed E-state index contributed by atoms with van der Waals surface area (Å²) in [6.45, 7) is 4.12. The molecular formula is C23H29FO6. The lowest BCUT2D eigenvalue weighted by molar-refractivity contribution is -0.217. The summed E-state index contributed by atoms with van der Waals surface area (Å²) in [5.41, 5.74) is -5.23. The number of hydrogen-bond donors (Lipinski definition) is 2. The van der Waals surface area contributed by atoms with E-state index in [1.807, 2.05) is 0 Å². The lowest BCUT2D eigenvalue weighted by Crippen LogP contribution is -2.69. The van der Waals surface area contributed by atoms with E-state index in [1.54, 1.807) is 19.9 Å². The maximum absolute atomic E-state index is 16.9. The third kappa shape index (κ3) is 2.51. The number of carbonyl (C=O) groups excluding carboxylic acids is 3. The van der Waals surface area contributed by atoms with E-state index in [4.69, 9.17) is 4.74 Å². The van der Waals surface area contributed by atoms with Crippen molar-refractivity contribution in [3.8, 4) is 0 Å². The number of hydrogen-bond acceptors (Lipinski definition) is 6. The molecule has 3 fully saturated rings. The summed E-state index contributed by atoms with van der Waals surface area (Å²) in [7, 11) is 0. The molecule has 0 aromatic heterocycles. The van der Waals surface area contributed by atoms with Crippen LogP contribution in [-0.4, -0.2) is 51.7 Å². The van der Waals surface area contributed by atoms with Crippen LogP contribution >= 0.6 is 0 Å². The number of fused-ring (bicyclic) bond motifs is 5. The first-order chi connectivity index (χ1) is 13.9. The van der Waals surface area contributed by atoms with Crippen molar-refractivity contribution < 1.29 is 33.7 Å². The average molecular weight is 420 g/mol. The fourth-order valence-corrected chi connectivity index (χ4v) is 6.96. The highest BCUT2D eigenvalue weighted by Gasteiger charge is 2.74. The van der Waals surface area contributed by atoms with Crippen molar-refractivity contribution in [2.24, 2.45) is 22.7 Å². The summed E-state index contributed by atoms with van der Waals surface area (Å²) in [6.07, 6.45) is 4.47. The van der Waals surface area contributed by atoms with Gasteiger partial charge in [0.1, 0.15) is 5.60 Å². The van der Waals surface area contributed by atoms with Crippen LogP contribution in [0.3, 0.4) is 0 Å². The maximum Gasteiger partial charge on any atom is 0.303 e. The highest BCUT2D eigenvalue weighted by Crippen LogP contribution is 2.69. The van der Waals surface area contributed by atoms with E-state index in [1.165, 1.54) is 19.1 Å². The van der Waals surface area contributed by atoms with E-state index in [-0.39, 0.29) is 24.5 Å².